The third-order valence-corrected chi connectivity index (χ3v) is 4.89. The van der Waals surface area contributed by atoms with E-state index >= 15 is 0 Å². The van der Waals surface area contributed by atoms with Gasteiger partial charge in [0.05, 0.1) is 6.04 Å². The summed E-state index contributed by atoms with van der Waals surface area (Å²) in [7, 11) is 0. The summed E-state index contributed by atoms with van der Waals surface area (Å²) in [5.41, 5.74) is 1.80. The molecule has 0 unspecified atom stereocenters. The molecule has 5 nitrogen and oxygen atoms in total. The van der Waals surface area contributed by atoms with Gasteiger partial charge in [-0.1, -0.05) is 60.3 Å². The van der Waals surface area contributed by atoms with Crippen molar-refractivity contribution in [3.05, 3.63) is 66.2 Å². The van der Waals surface area contributed by atoms with Crippen LogP contribution in [0.25, 0.3) is 0 Å². The zero-order valence-corrected chi connectivity index (χ0v) is 14.6. The van der Waals surface area contributed by atoms with Gasteiger partial charge in [-0.05, 0) is 24.6 Å². The molecule has 6 heteroatoms. The van der Waals surface area contributed by atoms with Gasteiger partial charge in [0.1, 0.15) is 5.25 Å². The van der Waals surface area contributed by atoms with Gasteiger partial charge in [-0.3, -0.25) is 14.6 Å². The Bertz CT molecular complexity index is 778. The van der Waals surface area contributed by atoms with E-state index in [1.807, 2.05) is 67.6 Å². The summed E-state index contributed by atoms with van der Waals surface area (Å²) in [5.74, 6) is -0.358. The maximum absolute atomic E-state index is 12.1. The molecule has 3 rings (SSSR count). The van der Waals surface area contributed by atoms with Crippen LogP contribution in [-0.2, 0) is 9.59 Å². The van der Waals surface area contributed by atoms with Gasteiger partial charge in [0, 0.05) is 12.1 Å². The highest BCUT2D eigenvalue weighted by Crippen LogP contribution is 2.26. The second-order valence-electron chi connectivity index (χ2n) is 5.73. The molecule has 0 radical (unpaired) electrons. The molecule has 1 aliphatic heterocycles. The van der Waals surface area contributed by atoms with E-state index in [0.29, 0.717) is 5.17 Å². The average molecular weight is 353 g/mol. The van der Waals surface area contributed by atoms with Crippen LogP contribution in [0.3, 0.4) is 0 Å². The fourth-order valence-electron chi connectivity index (χ4n) is 2.48. The molecule has 2 aromatic carbocycles. The quantitative estimate of drug-likeness (QED) is 0.866. The molecular formula is C19H19N3O2S. The molecule has 0 spiro atoms. The molecule has 0 saturated carbocycles. The number of nitrogens with one attached hydrogen (secondary N) is 2. The number of amides is 2. The monoisotopic (exact) mass is 353 g/mol. The molecule has 1 aliphatic rings. The van der Waals surface area contributed by atoms with E-state index in [2.05, 4.69) is 15.6 Å². The second-order valence-corrected chi connectivity index (χ2v) is 6.93. The first-order chi connectivity index (χ1) is 12.1. The molecule has 1 fully saturated rings. The van der Waals surface area contributed by atoms with E-state index in [9.17, 15) is 9.59 Å². The van der Waals surface area contributed by atoms with Crippen molar-refractivity contribution in [1.82, 2.24) is 5.32 Å². The zero-order chi connectivity index (χ0) is 17.6. The molecule has 128 valence electrons. The summed E-state index contributed by atoms with van der Waals surface area (Å²) < 4.78 is 0. The maximum atomic E-state index is 12.1. The van der Waals surface area contributed by atoms with Gasteiger partial charge in [0.2, 0.25) is 11.8 Å². The number of hydrogen-bond acceptors (Lipinski definition) is 4. The minimum Gasteiger partial charge on any atom is -0.326 e. The lowest BCUT2D eigenvalue weighted by molar-refractivity contribution is -0.122. The van der Waals surface area contributed by atoms with Gasteiger partial charge in [-0.25, -0.2) is 0 Å². The number of benzene rings is 2. The van der Waals surface area contributed by atoms with Crippen molar-refractivity contribution >= 4 is 34.4 Å². The number of anilines is 1. The first-order valence-corrected chi connectivity index (χ1v) is 8.95. The Hall–Kier alpha value is -2.60. The Balaban J connectivity index is 1.59. The summed E-state index contributed by atoms with van der Waals surface area (Å²) in [6.07, 6.45) is 0.115. The topological polar surface area (TPSA) is 70.6 Å². The molecule has 0 aromatic heterocycles. The van der Waals surface area contributed by atoms with Crippen LogP contribution >= 0.6 is 11.8 Å². The molecular weight excluding hydrogens is 334 g/mol. The third kappa shape index (κ3) is 4.70. The van der Waals surface area contributed by atoms with Crippen molar-refractivity contribution in [2.24, 2.45) is 4.99 Å². The van der Waals surface area contributed by atoms with E-state index in [4.69, 9.17) is 0 Å². The SMILES string of the molecule is C[C@H](N=C1NC(=O)[C@@H](CC(=O)Nc2ccccc2)S1)c1ccccc1. The van der Waals surface area contributed by atoms with Crippen molar-refractivity contribution in [1.29, 1.82) is 0 Å². The van der Waals surface area contributed by atoms with Gasteiger partial charge in [-0.15, -0.1) is 0 Å². The third-order valence-electron chi connectivity index (χ3n) is 3.80. The summed E-state index contributed by atoms with van der Waals surface area (Å²) in [6, 6.07) is 19.0. The predicted molar refractivity (Wildman–Crippen MR) is 102 cm³/mol. The Morgan fingerprint density at radius 3 is 2.48 bits per heavy atom. The minimum atomic E-state index is -0.453. The van der Waals surface area contributed by atoms with Gasteiger partial charge in [0.15, 0.2) is 5.17 Å². The summed E-state index contributed by atoms with van der Waals surface area (Å²) in [6.45, 7) is 1.98. The molecule has 2 N–H and O–H groups in total. The number of carbonyl (C=O) groups is 2. The van der Waals surface area contributed by atoms with Crippen molar-refractivity contribution in [2.45, 2.75) is 24.6 Å². The number of hydrogen-bond donors (Lipinski definition) is 2. The van der Waals surface area contributed by atoms with Crippen LogP contribution in [-0.4, -0.2) is 22.2 Å². The number of amidine groups is 1. The van der Waals surface area contributed by atoms with Crippen LogP contribution in [0, 0.1) is 0 Å². The Morgan fingerprint density at radius 2 is 1.80 bits per heavy atom. The fourth-order valence-corrected chi connectivity index (χ4v) is 3.53. The standard InChI is InChI=1S/C19H19N3O2S/c1-13(14-8-4-2-5-9-14)20-19-22-18(24)16(25-19)12-17(23)21-15-10-6-3-7-11-15/h2-11,13,16H,12H2,1H3,(H,21,23)(H,20,22,24)/t13-,16+/m0/s1. The average Bonchev–Trinajstić information content (AvgIpc) is 2.95. The lowest BCUT2D eigenvalue weighted by atomic mass is 10.1. The van der Waals surface area contributed by atoms with Gasteiger partial charge in [0.25, 0.3) is 0 Å². The number of thioether (sulfide) groups is 1. The second kappa shape index (κ2) is 7.98. The molecule has 2 atom stereocenters. The van der Waals surface area contributed by atoms with Crippen molar-refractivity contribution in [3.63, 3.8) is 0 Å². The molecule has 0 aliphatic carbocycles. The summed E-state index contributed by atoms with van der Waals surface area (Å²) in [4.78, 5) is 28.8. The number of para-hydroxylation sites is 1. The highest BCUT2D eigenvalue weighted by Gasteiger charge is 2.32. The van der Waals surface area contributed by atoms with Gasteiger partial charge in [-0.2, -0.15) is 0 Å². The molecule has 2 aromatic rings. The van der Waals surface area contributed by atoms with Crippen molar-refractivity contribution in [3.8, 4) is 0 Å². The Kier molecular flexibility index (Phi) is 5.50. The first kappa shape index (κ1) is 17.2. The van der Waals surface area contributed by atoms with E-state index < -0.39 is 5.25 Å². The molecule has 1 heterocycles. The predicted octanol–water partition coefficient (Wildman–Crippen LogP) is 3.36. The van der Waals surface area contributed by atoms with E-state index in [-0.39, 0.29) is 24.3 Å². The number of aliphatic imine (C=N–C) groups is 1. The highest BCUT2D eigenvalue weighted by atomic mass is 32.2. The summed E-state index contributed by atoms with van der Waals surface area (Å²) in [5, 5.41) is 5.68. The molecule has 0 bridgehead atoms. The van der Waals surface area contributed by atoms with Crippen LogP contribution in [0.2, 0.25) is 0 Å². The Morgan fingerprint density at radius 1 is 1.16 bits per heavy atom. The van der Waals surface area contributed by atoms with Crippen molar-refractivity contribution in [2.75, 3.05) is 5.32 Å². The smallest absolute Gasteiger partial charge is 0.240 e. The largest absolute Gasteiger partial charge is 0.326 e. The van der Waals surface area contributed by atoms with E-state index in [1.54, 1.807) is 0 Å². The zero-order valence-electron chi connectivity index (χ0n) is 13.8. The van der Waals surface area contributed by atoms with Crippen LogP contribution in [0.4, 0.5) is 5.69 Å². The lowest BCUT2D eigenvalue weighted by Gasteiger charge is -2.08. The summed E-state index contributed by atoms with van der Waals surface area (Å²) >= 11 is 1.31. The van der Waals surface area contributed by atoms with Gasteiger partial charge < -0.3 is 10.6 Å². The highest BCUT2D eigenvalue weighted by molar-refractivity contribution is 8.15. The fraction of sp³-hybridized carbons (Fsp3) is 0.211. The maximum Gasteiger partial charge on any atom is 0.240 e. The van der Waals surface area contributed by atoms with Crippen molar-refractivity contribution < 1.29 is 9.59 Å². The molecule has 1 saturated heterocycles. The van der Waals surface area contributed by atoms with Gasteiger partial charge >= 0.3 is 0 Å². The molecule has 2 amide bonds. The number of carbonyl (C=O) groups excluding carboxylic acids is 2. The normalized spacial score (nSPS) is 19.5. The van der Waals surface area contributed by atoms with E-state index in [0.717, 1.165) is 11.3 Å². The number of rotatable bonds is 5. The molecule has 25 heavy (non-hydrogen) atoms. The van der Waals surface area contributed by atoms with Crippen LogP contribution in [0.15, 0.2) is 65.7 Å². The van der Waals surface area contributed by atoms with Crippen LogP contribution in [0.1, 0.15) is 24.9 Å². The number of nitrogens with zero attached hydrogens (tertiary/aromatic N) is 1. The van der Waals surface area contributed by atoms with E-state index in [1.165, 1.54) is 11.8 Å². The van der Waals surface area contributed by atoms with Crippen LogP contribution < -0.4 is 10.6 Å². The lowest BCUT2D eigenvalue weighted by Crippen LogP contribution is -2.28. The Labute approximate surface area is 150 Å². The minimum absolute atomic E-state index is 0.0547. The van der Waals surface area contributed by atoms with Crippen LogP contribution in [0.5, 0.6) is 0 Å². The first-order valence-electron chi connectivity index (χ1n) is 8.07.